The fourth-order valence-electron chi connectivity index (χ4n) is 3.41. The Labute approximate surface area is 115 Å². The highest BCUT2D eigenvalue weighted by molar-refractivity contribution is 7.99. The Bertz CT molecular complexity index is 386. The molecule has 2 aliphatic rings. The SMILES string of the molecule is NC1(c2ccc(C3CCSCC3)cc2)CCCC1. The van der Waals surface area contributed by atoms with Crippen LogP contribution in [0.2, 0.25) is 0 Å². The molecule has 1 aliphatic carbocycles. The van der Waals surface area contributed by atoms with Crippen LogP contribution in [0.25, 0.3) is 0 Å². The van der Waals surface area contributed by atoms with Crippen molar-refractivity contribution in [3.8, 4) is 0 Å². The van der Waals surface area contributed by atoms with Gasteiger partial charge in [0.05, 0.1) is 0 Å². The third-order valence-corrected chi connectivity index (χ3v) is 5.72. The summed E-state index contributed by atoms with van der Waals surface area (Å²) in [5, 5.41) is 0. The summed E-state index contributed by atoms with van der Waals surface area (Å²) in [4.78, 5) is 0. The van der Waals surface area contributed by atoms with Crippen molar-refractivity contribution in [3.63, 3.8) is 0 Å². The predicted octanol–water partition coefficient (Wildman–Crippen LogP) is 4.03. The third kappa shape index (κ3) is 2.46. The maximum absolute atomic E-state index is 6.51. The van der Waals surface area contributed by atoms with Gasteiger partial charge >= 0.3 is 0 Å². The van der Waals surface area contributed by atoms with Crippen LogP contribution >= 0.6 is 11.8 Å². The zero-order valence-electron chi connectivity index (χ0n) is 11.0. The van der Waals surface area contributed by atoms with Crippen molar-refractivity contribution < 1.29 is 0 Å². The molecule has 0 spiro atoms. The zero-order valence-corrected chi connectivity index (χ0v) is 11.8. The standard InChI is InChI=1S/C16H23NS/c17-16(9-1-2-10-16)15-5-3-13(4-6-15)14-7-11-18-12-8-14/h3-6,14H,1-2,7-12,17H2. The highest BCUT2D eigenvalue weighted by Gasteiger charge is 2.31. The molecule has 1 nitrogen and oxygen atoms in total. The molecule has 0 atom stereocenters. The summed E-state index contributed by atoms with van der Waals surface area (Å²) in [5.74, 6) is 3.44. The van der Waals surface area contributed by atoms with Gasteiger partial charge in [0.25, 0.3) is 0 Å². The second-order valence-corrected chi connectivity index (χ2v) is 7.10. The Morgan fingerprint density at radius 2 is 1.61 bits per heavy atom. The number of rotatable bonds is 2. The van der Waals surface area contributed by atoms with Crippen LogP contribution in [-0.2, 0) is 5.54 Å². The van der Waals surface area contributed by atoms with E-state index in [0.717, 1.165) is 18.8 Å². The van der Waals surface area contributed by atoms with E-state index in [-0.39, 0.29) is 5.54 Å². The summed E-state index contributed by atoms with van der Waals surface area (Å²) in [5.41, 5.74) is 9.36. The lowest BCUT2D eigenvalue weighted by molar-refractivity contribution is 0.461. The first-order chi connectivity index (χ1) is 8.78. The van der Waals surface area contributed by atoms with E-state index in [2.05, 4.69) is 36.0 Å². The molecular weight excluding hydrogens is 238 g/mol. The molecule has 1 aliphatic heterocycles. The van der Waals surface area contributed by atoms with Crippen LogP contribution in [-0.4, -0.2) is 11.5 Å². The van der Waals surface area contributed by atoms with Crippen LogP contribution in [0.4, 0.5) is 0 Å². The molecule has 0 bridgehead atoms. The maximum atomic E-state index is 6.51. The average molecular weight is 261 g/mol. The van der Waals surface area contributed by atoms with Crippen LogP contribution < -0.4 is 5.73 Å². The summed E-state index contributed by atoms with van der Waals surface area (Å²) in [6, 6.07) is 9.26. The summed E-state index contributed by atoms with van der Waals surface area (Å²) in [6.45, 7) is 0. The molecule has 1 aromatic rings. The molecule has 98 valence electrons. The van der Waals surface area contributed by atoms with Crippen molar-refractivity contribution in [2.75, 3.05) is 11.5 Å². The normalized spacial score (nSPS) is 24.3. The Balaban J connectivity index is 1.76. The fourth-order valence-corrected chi connectivity index (χ4v) is 4.52. The van der Waals surface area contributed by atoms with Gasteiger partial charge in [-0.15, -0.1) is 0 Å². The molecule has 1 saturated heterocycles. The lowest BCUT2D eigenvalue weighted by Gasteiger charge is -2.26. The monoisotopic (exact) mass is 261 g/mol. The number of benzene rings is 1. The van der Waals surface area contributed by atoms with E-state index in [4.69, 9.17) is 5.73 Å². The Kier molecular flexibility index (Phi) is 3.67. The Morgan fingerprint density at radius 3 is 2.22 bits per heavy atom. The summed E-state index contributed by atoms with van der Waals surface area (Å²) in [6.07, 6.45) is 7.59. The van der Waals surface area contributed by atoms with Crippen molar-refractivity contribution in [1.82, 2.24) is 0 Å². The molecule has 0 radical (unpaired) electrons. The first-order valence-electron chi connectivity index (χ1n) is 7.25. The van der Waals surface area contributed by atoms with Crippen molar-refractivity contribution >= 4 is 11.8 Å². The van der Waals surface area contributed by atoms with Gasteiger partial charge < -0.3 is 5.73 Å². The van der Waals surface area contributed by atoms with Gasteiger partial charge in [0.2, 0.25) is 0 Å². The van der Waals surface area contributed by atoms with Gasteiger partial charge in [0.1, 0.15) is 0 Å². The van der Waals surface area contributed by atoms with E-state index in [1.165, 1.54) is 48.3 Å². The Hall–Kier alpha value is -0.470. The summed E-state index contributed by atoms with van der Waals surface area (Å²) in [7, 11) is 0. The minimum absolute atomic E-state index is 0.0268. The van der Waals surface area contributed by atoms with E-state index in [0.29, 0.717) is 0 Å². The smallest absolute Gasteiger partial charge is 0.0409 e. The largest absolute Gasteiger partial charge is 0.321 e. The third-order valence-electron chi connectivity index (χ3n) is 4.67. The lowest BCUT2D eigenvalue weighted by Crippen LogP contribution is -2.32. The molecule has 1 heterocycles. The molecule has 3 rings (SSSR count). The minimum Gasteiger partial charge on any atom is -0.321 e. The summed E-state index contributed by atoms with van der Waals surface area (Å²) >= 11 is 2.10. The predicted molar refractivity (Wildman–Crippen MR) is 80.1 cm³/mol. The van der Waals surface area contributed by atoms with E-state index >= 15 is 0 Å². The molecule has 1 saturated carbocycles. The van der Waals surface area contributed by atoms with Gasteiger partial charge in [-0.25, -0.2) is 0 Å². The van der Waals surface area contributed by atoms with E-state index < -0.39 is 0 Å². The molecule has 0 unspecified atom stereocenters. The highest BCUT2D eigenvalue weighted by Crippen LogP contribution is 2.37. The van der Waals surface area contributed by atoms with E-state index in [1.807, 2.05) is 0 Å². The van der Waals surface area contributed by atoms with E-state index in [9.17, 15) is 0 Å². The molecule has 18 heavy (non-hydrogen) atoms. The van der Waals surface area contributed by atoms with Crippen LogP contribution in [0.15, 0.2) is 24.3 Å². The zero-order chi connectivity index (χ0) is 12.4. The van der Waals surface area contributed by atoms with Crippen molar-refractivity contribution in [2.24, 2.45) is 5.73 Å². The second-order valence-electron chi connectivity index (χ2n) is 5.87. The van der Waals surface area contributed by atoms with Gasteiger partial charge in [0, 0.05) is 5.54 Å². The quantitative estimate of drug-likeness (QED) is 0.870. The lowest BCUT2D eigenvalue weighted by atomic mass is 9.86. The fraction of sp³-hybridized carbons (Fsp3) is 0.625. The molecule has 2 heteroatoms. The number of hydrogen-bond donors (Lipinski definition) is 1. The molecular formula is C16H23NS. The van der Waals surface area contributed by atoms with Crippen LogP contribution in [0.3, 0.4) is 0 Å². The molecule has 2 N–H and O–H groups in total. The van der Waals surface area contributed by atoms with Crippen molar-refractivity contribution in [1.29, 1.82) is 0 Å². The van der Waals surface area contributed by atoms with Gasteiger partial charge in [-0.05, 0) is 54.2 Å². The van der Waals surface area contributed by atoms with Crippen LogP contribution in [0.5, 0.6) is 0 Å². The van der Waals surface area contributed by atoms with Crippen molar-refractivity contribution in [3.05, 3.63) is 35.4 Å². The molecule has 0 amide bonds. The van der Waals surface area contributed by atoms with Crippen LogP contribution in [0.1, 0.15) is 55.6 Å². The van der Waals surface area contributed by atoms with Crippen molar-refractivity contribution in [2.45, 2.75) is 50.0 Å². The first kappa shape index (κ1) is 12.6. The Morgan fingerprint density at radius 1 is 1.00 bits per heavy atom. The number of nitrogens with two attached hydrogens (primary N) is 1. The second kappa shape index (κ2) is 5.26. The van der Waals surface area contributed by atoms with Crippen LogP contribution in [0, 0.1) is 0 Å². The molecule has 1 aromatic carbocycles. The topological polar surface area (TPSA) is 26.0 Å². The minimum atomic E-state index is -0.0268. The summed E-state index contributed by atoms with van der Waals surface area (Å²) < 4.78 is 0. The van der Waals surface area contributed by atoms with Gasteiger partial charge in [-0.1, -0.05) is 37.1 Å². The highest BCUT2D eigenvalue weighted by atomic mass is 32.2. The first-order valence-corrected chi connectivity index (χ1v) is 8.40. The average Bonchev–Trinajstić information content (AvgIpc) is 2.88. The molecule has 2 fully saturated rings. The van der Waals surface area contributed by atoms with Gasteiger partial charge in [-0.3, -0.25) is 0 Å². The maximum Gasteiger partial charge on any atom is 0.0409 e. The van der Waals surface area contributed by atoms with E-state index in [1.54, 1.807) is 0 Å². The van der Waals surface area contributed by atoms with Gasteiger partial charge in [-0.2, -0.15) is 11.8 Å². The number of hydrogen-bond acceptors (Lipinski definition) is 2. The van der Waals surface area contributed by atoms with Gasteiger partial charge in [0.15, 0.2) is 0 Å². The number of thioether (sulfide) groups is 1. The molecule has 0 aromatic heterocycles.